The van der Waals surface area contributed by atoms with Gasteiger partial charge >= 0.3 is 0 Å². The highest BCUT2D eigenvalue weighted by Crippen LogP contribution is 2.31. The van der Waals surface area contributed by atoms with Gasteiger partial charge in [0.1, 0.15) is 0 Å². The van der Waals surface area contributed by atoms with Crippen LogP contribution in [0.5, 0.6) is 0 Å². The molecule has 1 N–H and O–H groups in total. The molecule has 0 bridgehead atoms. The highest BCUT2D eigenvalue weighted by atomic mass is 16.1. The Morgan fingerprint density at radius 3 is 2.85 bits per heavy atom. The number of hydrogen-bond acceptors (Lipinski definition) is 2. The Morgan fingerprint density at radius 1 is 1.20 bits per heavy atom. The van der Waals surface area contributed by atoms with Crippen molar-refractivity contribution >= 4 is 32.6 Å². The van der Waals surface area contributed by atoms with Crippen LogP contribution in [-0.2, 0) is 7.05 Å². The third kappa shape index (κ3) is 1.30. The molecule has 0 saturated carbocycles. The SMILES string of the molecule is Cc1c2nc3ccccc3c2cc2c[nH]n(C)c(=O)c12. The number of benzene rings is 2. The van der Waals surface area contributed by atoms with Gasteiger partial charge in [-0.3, -0.25) is 9.48 Å². The summed E-state index contributed by atoms with van der Waals surface area (Å²) in [6, 6.07) is 10.1. The van der Waals surface area contributed by atoms with Crippen molar-refractivity contribution in [2.24, 2.45) is 7.05 Å². The number of fused-ring (bicyclic) bond motifs is 4. The lowest BCUT2D eigenvalue weighted by molar-refractivity contribution is 0.718. The number of hydrogen-bond donors (Lipinski definition) is 1. The van der Waals surface area contributed by atoms with Crippen molar-refractivity contribution in [1.82, 2.24) is 14.8 Å². The number of nitrogens with zero attached hydrogens (tertiary/aromatic N) is 2. The van der Waals surface area contributed by atoms with Gasteiger partial charge in [-0.2, -0.15) is 0 Å². The van der Waals surface area contributed by atoms with E-state index < -0.39 is 0 Å². The zero-order valence-electron chi connectivity index (χ0n) is 11.3. The van der Waals surface area contributed by atoms with Crippen molar-refractivity contribution < 1.29 is 0 Å². The molecule has 98 valence electrons. The summed E-state index contributed by atoms with van der Waals surface area (Å²) < 4.78 is 1.49. The Kier molecular flexibility index (Phi) is 2.07. The normalized spacial score (nSPS) is 11.7. The van der Waals surface area contributed by atoms with Crippen LogP contribution in [0.3, 0.4) is 0 Å². The van der Waals surface area contributed by atoms with Crippen LogP contribution in [0.15, 0.2) is 41.3 Å². The summed E-state index contributed by atoms with van der Waals surface area (Å²) in [7, 11) is 1.72. The summed E-state index contributed by atoms with van der Waals surface area (Å²) in [6.07, 6.45) is 1.87. The zero-order chi connectivity index (χ0) is 13.9. The second kappa shape index (κ2) is 3.70. The molecule has 0 amide bonds. The van der Waals surface area contributed by atoms with Crippen LogP contribution in [0.4, 0.5) is 0 Å². The molecule has 4 heteroatoms. The average Bonchev–Trinajstić information content (AvgIpc) is 2.82. The highest BCUT2D eigenvalue weighted by Gasteiger charge is 2.13. The van der Waals surface area contributed by atoms with Gasteiger partial charge in [0.2, 0.25) is 0 Å². The Hall–Kier alpha value is -2.62. The molecule has 0 aliphatic carbocycles. The molecule has 20 heavy (non-hydrogen) atoms. The monoisotopic (exact) mass is 263 g/mol. The number of H-pyrrole nitrogens is 1. The molecule has 2 heterocycles. The minimum absolute atomic E-state index is 0.0195. The van der Waals surface area contributed by atoms with Crippen LogP contribution >= 0.6 is 0 Å². The molecule has 4 aromatic rings. The van der Waals surface area contributed by atoms with Crippen LogP contribution in [0.1, 0.15) is 5.56 Å². The lowest BCUT2D eigenvalue weighted by Gasteiger charge is -2.05. The maximum atomic E-state index is 12.3. The van der Waals surface area contributed by atoms with Gasteiger partial charge in [-0.1, -0.05) is 18.2 Å². The first-order valence-corrected chi connectivity index (χ1v) is 6.53. The van der Waals surface area contributed by atoms with Gasteiger partial charge < -0.3 is 5.10 Å². The Bertz CT molecular complexity index is 1040. The van der Waals surface area contributed by atoms with Gasteiger partial charge in [-0.25, -0.2) is 4.98 Å². The van der Waals surface area contributed by atoms with Gasteiger partial charge in [0.15, 0.2) is 0 Å². The first-order valence-electron chi connectivity index (χ1n) is 6.53. The molecule has 0 radical (unpaired) electrons. The Morgan fingerprint density at radius 2 is 2.00 bits per heavy atom. The van der Waals surface area contributed by atoms with Crippen LogP contribution in [0, 0.1) is 6.92 Å². The lowest BCUT2D eigenvalue weighted by Crippen LogP contribution is -2.19. The minimum atomic E-state index is -0.0195. The number of nitrogens with one attached hydrogen (secondary N) is 1. The van der Waals surface area contributed by atoms with Gasteiger partial charge in [0.05, 0.1) is 16.4 Å². The van der Waals surface area contributed by atoms with E-state index in [0.717, 1.165) is 38.1 Å². The fourth-order valence-corrected chi connectivity index (χ4v) is 2.89. The molecular formula is C16H13N3O. The Balaban J connectivity index is 2.34. The number of aryl methyl sites for hydroxylation is 2. The molecular weight excluding hydrogens is 250 g/mol. The molecule has 2 aromatic carbocycles. The number of para-hydroxylation sites is 1. The van der Waals surface area contributed by atoms with Crippen molar-refractivity contribution in [2.45, 2.75) is 6.92 Å². The van der Waals surface area contributed by atoms with E-state index in [0.29, 0.717) is 0 Å². The molecule has 0 unspecified atom stereocenters. The fraction of sp³-hybridized carbons (Fsp3) is 0.125. The number of rotatable bonds is 0. The maximum absolute atomic E-state index is 12.3. The molecule has 0 aliphatic heterocycles. The Labute approximate surface area is 114 Å². The number of aromatic nitrogens is 3. The van der Waals surface area contributed by atoms with Gasteiger partial charge in [0.25, 0.3) is 5.56 Å². The predicted octanol–water partition coefficient (Wildman–Crippen LogP) is 2.88. The van der Waals surface area contributed by atoms with Crippen molar-refractivity contribution in [3.63, 3.8) is 0 Å². The summed E-state index contributed by atoms with van der Waals surface area (Å²) in [5.74, 6) is 0. The summed E-state index contributed by atoms with van der Waals surface area (Å²) in [6.45, 7) is 1.97. The minimum Gasteiger partial charge on any atom is -0.303 e. The first kappa shape index (κ1) is 11.2. The summed E-state index contributed by atoms with van der Waals surface area (Å²) in [5.41, 5.74) is 2.82. The van der Waals surface area contributed by atoms with Crippen LogP contribution in [-0.4, -0.2) is 14.8 Å². The van der Waals surface area contributed by atoms with Gasteiger partial charge in [0, 0.05) is 29.4 Å². The second-order valence-electron chi connectivity index (χ2n) is 5.13. The average molecular weight is 263 g/mol. The van der Waals surface area contributed by atoms with Crippen molar-refractivity contribution in [3.8, 4) is 0 Å². The molecule has 0 spiro atoms. The van der Waals surface area contributed by atoms with E-state index in [1.807, 2.05) is 37.4 Å². The van der Waals surface area contributed by atoms with Gasteiger partial charge in [-0.15, -0.1) is 0 Å². The van der Waals surface area contributed by atoms with E-state index in [1.54, 1.807) is 7.05 Å². The number of aromatic amines is 1. The quantitative estimate of drug-likeness (QED) is 0.530. The molecule has 0 atom stereocenters. The van der Waals surface area contributed by atoms with E-state index in [2.05, 4.69) is 16.1 Å². The summed E-state index contributed by atoms with van der Waals surface area (Å²) >= 11 is 0. The third-order valence-electron chi connectivity index (χ3n) is 3.93. The molecule has 0 saturated heterocycles. The molecule has 0 fully saturated rings. The molecule has 2 aromatic heterocycles. The standard InChI is InChI=1S/C16H13N3O/c1-9-14-10(8-17-19(2)16(14)20)7-12-11-5-3-4-6-13(11)18-15(9)12/h3-8,17H,1-2H3. The largest absolute Gasteiger partial charge is 0.303 e. The lowest BCUT2D eigenvalue weighted by atomic mass is 10.0. The highest BCUT2D eigenvalue weighted by molar-refractivity contribution is 6.13. The first-order chi connectivity index (χ1) is 9.66. The molecule has 0 aliphatic rings. The van der Waals surface area contributed by atoms with Crippen molar-refractivity contribution in [1.29, 1.82) is 0 Å². The van der Waals surface area contributed by atoms with Crippen LogP contribution in [0.2, 0.25) is 0 Å². The fourth-order valence-electron chi connectivity index (χ4n) is 2.89. The van der Waals surface area contributed by atoms with E-state index >= 15 is 0 Å². The molecule has 4 nitrogen and oxygen atoms in total. The third-order valence-corrected chi connectivity index (χ3v) is 3.93. The second-order valence-corrected chi connectivity index (χ2v) is 5.13. The van der Waals surface area contributed by atoms with E-state index in [9.17, 15) is 4.79 Å². The van der Waals surface area contributed by atoms with Crippen LogP contribution < -0.4 is 5.56 Å². The van der Waals surface area contributed by atoms with E-state index in [1.165, 1.54) is 4.68 Å². The predicted molar refractivity (Wildman–Crippen MR) is 81.1 cm³/mol. The zero-order valence-corrected chi connectivity index (χ0v) is 11.3. The van der Waals surface area contributed by atoms with E-state index in [-0.39, 0.29) is 5.56 Å². The van der Waals surface area contributed by atoms with Crippen LogP contribution in [0.25, 0.3) is 32.6 Å². The topological polar surface area (TPSA) is 50.7 Å². The van der Waals surface area contributed by atoms with Gasteiger partial charge in [-0.05, 0) is 24.6 Å². The van der Waals surface area contributed by atoms with Crippen molar-refractivity contribution in [3.05, 3.63) is 52.4 Å². The summed E-state index contributed by atoms with van der Waals surface area (Å²) in [5, 5.41) is 6.86. The molecule has 4 rings (SSSR count). The van der Waals surface area contributed by atoms with E-state index in [4.69, 9.17) is 0 Å². The van der Waals surface area contributed by atoms with Crippen molar-refractivity contribution in [2.75, 3.05) is 0 Å². The smallest absolute Gasteiger partial charge is 0.272 e. The summed E-state index contributed by atoms with van der Waals surface area (Å²) in [4.78, 5) is 17.0. The maximum Gasteiger partial charge on any atom is 0.272 e.